The van der Waals surface area contributed by atoms with Gasteiger partial charge in [0.2, 0.25) is 0 Å². The van der Waals surface area contributed by atoms with E-state index in [9.17, 15) is 0 Å². The summed E-state index contributed by atoms with van der Waals surface area (Å²) in [5, 5.41) is 14.5. The van der Waals surface area contributed by atoms with E-state index in [1.165, 1.54) is 0 Å². The summed E-state index contributed by atoms with van der Waals surface area (Å²) in [5.74, 6) is 0. The molecule has 68 valence electrons. The van der Waals surface area contributed by atoms with E-state index < -0.39 is 0 Å². The molecule has 1 heterocycles. The molecular formula is H12N5NaO5. The standard InChI is InChI=1S/HN5.Na.5H2O.H/c1-2-4-5-3-1;;;;;;;/h(H,1,2,3,4,5);;5*1H2;/q;+1;;;;;;-1. The zero-order chi connectivity index (χ0) is 3.54. The first kappa shape index (κ1) is 45.0. The molecule has 11 heteroatoms. The van der Waals surface area contributed by atoms with Crippen molar-refractivity contribution in [2.75, 3.05) is 0 Å². The van der Waals surface area contributed by atoms with E-state index in [-0.39, 0.29) is 58.4 Å². The molecule has 0 saturated heterocycles. The Morgan fingerprint density at radius 2 is 1.00 bits per heavy atom. The molecule has 0 aliphatic rings. The monoisotopic (exact) mass is 185 g/mol. The Labute approximate surface area is 84.7 Å². The van der Waals surface area contributed by atoms with E-state index >= 15 is 0 Å². The van der Waals surface area contributed by atoms with Gasteiger partial charge in [-0.25, -0.2) is 0 Å². The molecule has 0 spiro atoms. The minimum absolute atomic E-state index is 0. The van der Waals surface area contributed by atoms with Crippen LogP contribution in [0.3, 0.4) is 0 Å². The summed E-state index contributed by atoms with van der Waals surface area (Å²) < 4.78 is 0. The fourth-order valence-electron chi connectivity index (χ4n) is 0.100. The van der Waals surface area contributed by atoms with E-state index in [0.29, 0.717) is 0 Å². The van der Waals surface area contributed by atoms with E-state index in [1.807, 2.05) is 0 Å². The second-order valence-corrected chi connectivity index (χ2v) is 0.479. The first-order valence-corrected chi connectivity index (χ1v) is 1.05. The number of rotatable bonds is 0. The van der Waals surface area contributed by atoms with Gasteiger partial charge in [0.05, 0.1) is 0 Å². The van der Waals surface area contributed by atoms with E-state index in [4.69, 9.17) is 0 Å². The van der Waals surface area contributed by atoms with Crippen LogP contribution in [0, 0.1) is 0 Å². The molecule has 0 unspecified atom stereocenters. The Bertz CT molecular complexity index is 76.3. The molecule has 1 rings (SSSR count). The molecule has 0 fully saturated rings. The number of aromatic amines is 1. The molecule has 1 aromatic heterocycles. The van der Waals surface area contributed by atoms with Crippen molar-refractivity contribution in [2.45, 2.75) is 0 Å². The smallest absolute Gasteiger partial charge is 1.00 e. The second kappa shape index (κ2) is 32.9. The number of aromatic nitrogens is 5. The van der Waals surface area contributed by atoms with E-state index in [1.54, 1.807) is 0 Å². The fraction of sp³-hybridized carbons (Fsp3) is 0. The Morgan fingerprint density at radius 3 is 1.09 bits per heavy atom. The molecule has 0 saturated carbocycles. The van der Waals surface area contributed by atoms with Crippen molar-refractivity contribution >= 4 is 0 Å². The molecule has 11 heavy (non-hydrogen) atoms. The van der Waals surface area contributed by atoms with Crippen molar-refractivity contribution < 1.29 is 58.4 Å². The molecule has 0 radical (unpaired) electrons. The van der Waals surface area contributed by atoms with Crippen LogP contribution in [0.4, 0.5) is 0 Å². The first-order valence-electron chi connectivity index (χ1n) is 1.05. The molecule has 0 aromatic carbocycles. The van der Waals surface area contributed by atoms with Gasteiger partial charge in [-0.3, -0.25) is 0 Å². The van der Waals surface area contributed by atoms with Crippen LogP contribution >= 0.6 is 0 Å². The third-order valence-corrected chi connectivity index (χ3v) is 0.219. The van der Waals surface area contributed by atoms with Crippen molar-refractivity contribution in [3.63, 3.8) is 0 Å². The predicted octanol–water partition coefficient (Wildman–Crippen LogP) is -8.41. The van der Waals surface area contributed by atoms with Crippen LogP contribution < -0.4 is 29.6 Å². The maximum atomic E-state index is 3.12. The Kier molecular flexibility index (Phi) is 135. The number of nitrogens with one attached hydrogen (secondary N) is 1. The molecule has 11 N–H and O–H groups in total. The van der Waals surface area contributed by atoms with E-state index in [2.05, 4.69) is 26.1 Å². The van der Waals surface area contributed by atoms with Crippen LogP contribution in [-0.2, 0) is 0 Å². The quantitative estimate of drug-likeness (QED) is 0.388. The normalized spacial score (nSPS) is 3.64. The molecule has 1 aromatic rings. The van der Waals surface area contributed by atoms with Crippen molar-refractivity contribution in [3.05, 3.63) is 0 Å². The third kappa shape index (κ3) is 25.9. The van der Waals surface area contributed by atoms with Gasteiger partial charge in [-0.1, -0.05) is 0 Å². The van der Waals surface area contributed by atoms with E-state index in [0.717, 1.165) is 0 Å². The van der Waals surface area contributed by atoms with Crippen LogP contribution in [0.2, 0.25) is 0 Å². The summed E-state index contributed by atoms with van der Waals surface area (Å²) in [7, 11) is 0. The van der Waals surface area contributed by atoms with Gasteiger partial charge in [-0.2, -0.15) is 5.21 Å². The van der Waals surface area contributed by atoms with Gasteiger partial charge in [-0.15, -0.1) is 0 Å². The zero-order valence-corrected chi connectivity index (χ0v) is 7.79. The number of hydrogen-bond donors (Lipinski definition) is 1. The van der Waals surface area contributed by atoms with Crippen molar-refractivity contribution in [2.24, 2.45) is 0 Å². The first-order chi connectivity index (χ1) is 2.50. The van der Waals surface area contributed by atoms with Crippen LogP contribution in [-0.4, -0.2) is 53.4 Å². The molecular weight excluding hydrogens is 173 g/mol. The minimum Gasteiger partial charge on any atom is -1.00 e. The summed E-state index contributed by atoms with van der Waals surface area (Å²) in [4.78, 5) is 0. The van der Waals surface area contributed by atoms with Gasteiger partial charge in [0.1, 0.15) is 0 Å². The molecule has 0 bridgehead atoms. The van der Waals surface area contributed by atoms with Crippen LogP contribution in [0.5, 0.6) is 0 Å². The van der Waals surface area contributed by atoms with Crippen LogP contribution in [0.1, 0.15) is 1.43 Å². The maximum Gasteiger partial charge on any atom is 1.00 e. The SMILES string of the molecule is O.O.O.O.O.[H-].[Na+].n1nn[nH]n1. The van der Waals surface area contributed by atoms with Gasteiger partial charge in [-0.05, 0) is 20.9 Å². The Balaban J connectivity index is -0.00000000714. The van der Waals surface area contributed by atoms with Crippen LogP contribution in [0.15, 0.2) is 0 Å². The Morgan fingerprint density at radius 1 is 0.727 bits per heavy atom. The topological polar surface area (TPSA) is 225 Å². The molecule has 0 aliphatic heterocycles. The fourth-order valence-corrected chi connectivity index (χ4v) is 0.100. The molecule has 0 aliphatic carbocycles. The van der Waals surface area contributed by atoms with Crippen molar-refractivity contribution in [1.29, 1.82) is 0 Å². The summed E-state index contributed by atoms with van der Waals surface area (Å²) in [6, 6.07) is 0. The van der Waals surface area contributed by atoms with Gasteiger partial charge in [0.25, 0.3) is 0 Å². The number of nitrogens with zero attached hydrogens (tertiary/aromatic N) is 4. The van der Waals surface area contributed by atoms with Gasteiger partial charge in [0, 0.05) is 0 Å². The second-order valence-electron chi connectivity index (χ2n) is 0.479. The third-order valence-electron chi connectivity index (χ3n) is 0.219. The summed E-state index contributed by atoms with van der Waals surface area (Å²) in [5.41, 5.74) is 0. The van der Waals surface area contributed by atoms with Crippen LogP contribution in [0.25, 0.3) is 0 Å². The minimum atomic E-state index is 0. The molecule has 0 amide bonds. The zero-order valence-electron chi connectivity index (χ0n) is 6.79. The average molecular weight is 185 g/mol. The van der Waals surface area contributed by atoms with Gasteiger partial charge < -0.3 is 28.8 Å². The number of hydrogen-bond acceptors (Lipinski definition) is 4. The molecule has 10 nitrogen and oxygen atoms in total. The number of H-pyrrole nitrogens is 1. The van der Waals surface area contributed by atoms with Crippen molar-refractivity contribution in [1.82, 2.24) is 26.1 Å². The Hall–Kier alpha value is -0.200. The molecule has 0 atom stereocenters. The predicted molar refractivity (Wildman–Crippen MR) is 31.2 cm³/mol. The summed E-state index contributed by atoms with van der Waals surface area (Å²) >= 11 is 0. The maximum absolute atomic E-state index is 3.12. The average Bonchev–Trinajstić information content (AvgIpc) is 1.76. The van der Waals surface area contributed by atoms with Gasteiger partial charge >= 0.3 is 29.6 Å². The largest absolute Gasteiger partial charge is 1.00 e. The summed E-state index contributed by atoms with van der Waals surface area (Å²) in [6.07, 6.45) is 0. The summed E-state index contributed by atoms with van der Waals surface area (Å²) in [6.45, 7) is 0. The van der Waals surface area contributed by atoms with Crippen molar-refractivity contribution in [3.8, 4) is 0 Å². The van der Waals surface area contributed by atoms with Gasteiger partial charge in [0.15, 0.2) is 0 Å².